The Kier molecular flexibility index (Phi) is 4.90. The van der Waals surface area contributed by atoms with Crippen LogP contribution in [0.3, 0.4) is 0 Å². The second kappa shape index (κ2) is 6.44. The Bertz CT molecular complexity index is 388. The fourth-order valence-corrected chi connectivity index (χ4v) is 2.53. The summed E-state index contributed by atoms with van der Waals surface area (Å²) in [5.74, 6) is 0. The average Bonchev–Trinajstić information content (AvgIpc) is 3.17. The number of hydrogen-bond donors (Lipinski definition) is 1. The summed E-state index contributed by atoms with van der Waals surface area (Å²) in [7, 11) is 1.99. The van der Waals surface area contributed by atoms with Crippen LogP contribution in [0.4, 0.5) is 5.69 Å². The Balaban J connectivity index is 2.23. The van der Waals surface area contributed by atoms with E-state index >= 15 is 0 Å². The van der Waals surface area contributed by atoms with Crippen LogP contribution in [0.1, 0.15) is 38.2 Å². The van der Waals surface area contributed by atoms with E-state index in [4.69, 9.17) is 11.6 Å². The molecule has 18 heavy (non-hydrogen) atoms. The van der Waals surface area contributed by atoms with Crippen LogP contribution in [0.2, 0.25) is 5.02 Å². The van der Waals surface area contributed by atoms with Gasteiger partial charge in [0, 0.05) is 29.8 Å². The molecular weight excluding hydrogens is 244 g/mol. The number of halogens is 1. The zero-order valence-corrected chi connectivity index (χ0v) is 12.1. The quantitative estimate of drug-likeness (QED) is 0.807. The van der Waals surface area contributed by atoms with E-state index in [9.17, 15) is 0 Å². The predicted octanol–water partition coefficient (Wildman–Crippen LogP) is 3.83. The van der Waals surface area contributed by atoms with E-state index in [1.54, 1.807) is 0 Å². The van der Waals surface area contributed by atoms with Crippen molar-refractivity contribution in [1.29, 1.82) is 0 Å². The number of nitrogens with zero attached hydrogens (tertiary/aromatic N) is 1. The molecule has 1 aliphatic rings. The number of unbranched alkanes of at least 4 members (excludes halogenated alkanes) is 1. The number of nitrogens with one attached hydrogen (secondary N) is 1. The van der Waals surface area contributed by atoms with Crippen molar-refractivity contribution in [3.05, 3.63) is 28.8 Å². The molecule has 1 aromatic carbocycles. The smallest absolute Gasteiger partial charge is 0.0429 e. The van der Waals surface area contributed by atoms with Crippen LogP contribution in [0.15, 0.2) is 18.2 Å². The molecule has 1 fully saturated rings. The molecule has 0 atom stereocenters. The number of anilines is 1. The van der Waals surface area contributed by atoms with Crippen molar-refractivity contribution in [3.8, 4) is 0 Å². The molecule has 0 spiro atoms. The maximum Gasteiger partial charge on any atom is 0.0429 e. The zero-order valence-electron chi connectivity index (χ0n) is 11.4. The molecular formula is C15H23ClN2. The average molecular weight is 267 g/mol. The lowest BCUT2D eigenvalue weighted by molar-refractivity contribution is 0.705. The van der Waals surface area contributed by atoms with Gasteiger partial charge in [0.15, 0.2) is 0 Å². The molecule has 0 unspecified atom stereocenters. The summed E-state index contributed by atoms with van der Waals surface area (Å²) in [5, 5.41) is 4.08. The van der Waals surface area contributed by atoms with Crippen molar-refractivity contribution in [1.82, 2.24) is 5.32 Å². The first-order valence-electron chi connectivity index (χ1n) is 6.96. The maximum atomic E-state index is 6.17. The lowest BCUT2D eigenvalue weighted by atomic mass is 10.1. The molecule has 0 bridgehead atoms. The monoisotopic (exact) mass is 266 g/mol. The number of benzene rings is 1. The third-order valence-electron chi connectivity index (χ3n) is 3.46. The van der Waals surface area contributed by atoms with E-state index < -0.39 is 0 Å². The van der Waals surface area contributed by atoms with Crippen LogP contribution in [-0.4, -0.2) is 19.6 Å². The molecule has 1 aliphatic carbocycles. The highest BCUT2D eigenvalue weighted by Gasteiger charge is 2.29. The molecule has 0 aromatic heterocycles. The van der Waals surface area contributed by atoms with Gasteiger partial charge in [-0.2, -0.15) is 0 Å². The first-order chi connectivity index (χ1) is 8.76. The van der Waals surface area contributed by atoms with Gasteiger partial charge >= 0.3 is 0 Å². The highest BCUT2D eigenvalue weighted by Crippen LogP contribution is 2.35. The molecule has 3 heteroatoms. The Morgan fingerprint density at radius 1 is 1.39 bits per heavy atom. The molecule has 1 saturated carbocycles. The van der Waals surface area contributed by atoms with Crippen LogP contribution in [0.25, 0.3) is 0 Å². The summed E-state index contributed by atoms with van der Waals surface area (Å²) in [5.41, 5.74) is 2.68. The van der Waals surface area contributed by atoms with Gasteiger partial charge in [0.05, 0.1) is 0 Å². The van der Waals surface area contributed by atoms with Crippen molar-refractivity contribution in [2.75, 3.05) is 18.5 Å². The maximum absolute atomic E-state index is 6.17. The standard InChI is InChI=1S/C15H23ClN2/c1-3-4-9-18(14-7-8-14)15-10-13(16)6-5-12(15)11-17-2/h5-6,10,14,17H,3-4,7-9,11H2,1-2H3. The van der Waals surface area contributed by atoms with Gasteiger partial charge in [0.25, 0.3) is 0 Å². The predicted molar refractivity (Wildman–Crippen MR) is 79.5 cm³/mol. The summed E-state index contributed by atoms with van der Waals surface area (Å²) in [6, 6.07) is 7.01. The van der Waals surface area contributed by atoms with E-state index in [1.165, 1.54) is 36.9 Å². The lowest BCUT2D eigenvalue weighted by Gasteiger charge is -2.27. The second-order valence-corrected chi connectivity index (χ2v) is 5.52. The Morgan fingerprint density at radius 3 is 2.78 bits per heavy atom. The highest BCUT2D eigenvalue weighted by molar-refractivity contribution is 6.30. The first kappa shape index (κ1) is 13.7. The van der Waals surface area contributed by atoms with Crippen molar-refractivity contribution in [3.63, 3.8) is 0 Å². The van der Waals surface area contributed by atoms with Gasteiger partial charge in [0.2, 0.25) is 0 Å². The van der Waals surface area contributed by atoms with Gasteiger partial charge in [-0.3, -0.25) is 0 Å². The summed E-state index contributed by atoms with van der Waals surface area (Å²) < 4.78 is 0. The van der Waals surface area contributed by atoms with Crippen LogP contribution >= 0.6 is 11.6 Å². The lowest BCUT2D eigenvalue weighted by Crippen LogP contribution is -2.28. The van der Waals surface area contributed by atoms with Crippen molar-refractivity contribution in [2.24, 2.45) is 0 Å². The molecule has 0 heterocycles. The fraction of sp³-hybridized carbons (Fsp3) is 0.600. The van der Waals surface area contributed by atoms with Gasteiger partial charge in [0.1, 0.15) is 0 Å². The van der Waals surface area contributed by atoms with Crippen molar-refractivity contribution >= 4 is 17.3 Å². The number of hydrogen-bond acceptors (Lipinski definition) is 2. The minimum Gasteiger partial charge on any atom is -0.368 e. The van der Waals surface area contributed by atoms with Crippen molar-refractivity contribution in [2.45, 2.75) is 45.2 Å². The molecule has 2 nitrogen and oxygen atoms in total. The van der Waals surface area contributed by atoms with Gasteiger partial charge in [-0.25, -0.2) is 0 Å². The van der Waals surface area contributed by atoms with Crippen LogP contribution in [-0.2, 0) is 6.54 Å². The third-order valence-corrected chi connectivity index (χ3v) is 3.70. The van der Waals surface area contributed by atoms with E-state index in [2.05, 4.69) is 29.3 Å². The topological polar surface area (TPSA) is 15.3 Å². The second-order valence-electron chi connectivity index (χ2n) is 5.08. The van der Waals surface area contributed by atoms with E-state index in [1.807, 2.05) is 13.1 Å². The SMILES string of the molecule is CCCCN(c1cc(Cl)ccc1CNC)C1CC1. The Hall–Kier alpha value is -0.730. The van der Waals surface area contributed by atoms with E-state index in [0.717, 1.165) is 24.2 Å². The van der Waals surface area contributed by atoms with Gasteiger partial charge in [-0.1, -0.05) is 31.0 Å². The Labute approximate surface area is 115 Å². The largest absolute Gasteiger partial charge is 0.368 e. The molecule has 1 aromatic rings. The Morgan fingerprint density at radius 2 is 2.17 bits per heavy atom. The minimum atomic E-state index is 0.741. The fourth-order valence-electron chi connectivity index (χ4n) is 2.36. The molecule has 0 saturated heterocycles. The molecule has 1 N–H and O–H groups in total. The summed E-state index contributed by atoms with van der Waals surface area (Å²) >= 11 is 6.17. The molecule has 100 valence electrons. The third kappa shape index (κ3) is 3.39. The molecule has 0 radical (unpaired) electrons. The van der Waals surface area contributed by atoms with Crippen LogP contribution in [0.5, 0.6) is 0 Å². The first-order valence-corrected chi connectivity index (χ1v) is 7.33. The summed E-state index contributed by atoms with van der Waals surface area (Å²) in [6.45, 7) is 4.30. The normalized spacial score (nSPS) is 14.8. The van der Waals surface area contributed by atoms with E-state index in [0.29, 0.717) is 0 Å². The van der Waals surface area contributed by atoms with Gasteiger partial charge < -0.3 is 10.2 Å². The molecule has 2 rings (SSSR count). The summed E-state index contributed by atoms with van der Waals surface area (Å²) in [6.07, 6.45) is 5.15. The molecule has 0 aliphatic heterocycles. The van der Waals surface area contributed by atoms with E-state index in [-0.39, 0.29) is 0 Å². The number of rotatable bonds is 7. The van der Waals surface area contributed by atoms with Crippen LogP contribution in [0, 0.1) is 0 Å². The van der Waals surface area contributed by atoms with Gasteiger partial charge in [-0.05, 0) is 44.0 Å². The zero-order chi connectivity index (χ0) is 13.0. The summed E-state index contributed by atoms with van der Waals surface area (Å²) in [4.78, 5) is 2.56. The van der Waals surface area contributed by atoms with Gasteiger partial charge in [-0.15, -0.1) is 0 Å². The highest BCUT2D eigenvalue weighted by atomic mass is 35.5. The molecule has 0 amide bonds. The van der Waals surface area contributed by atoms with Crippen molar-refractivity contribution < 1.29 is 0 Å². The van der Waals surface area contributed by atoms with Crippen LogP contribution < -0.4 is 10.2 Å². The minimum absolute atomic E-state index is 0.741.